The molecule has 2 aliphatic rings. The minimum absolute atomic E-state index is 0.0721. The van der Waals surface area contributed by atoms with Crippen LogP contribution in [0.2, 0.25) is 0 Å². The number of carbonyl (C=O) groups excluding carboxylic acids is 1. The zero-order chi connectivity index (χ0) is 21.6. The highest BCUT2D eigenvalue weighted by Crippen LogP contribution is 2.31. The van der Waals surface area contributed by atoms with E-state index in [1.165, 1.54) is 5.56 Å². The van der Waals surface area contributed by atoms with Crippen molar-refractivity contribution in [2.24, 2.45) is 11.8 Å². The molecule has 166 valence electrons. The number of benzene rings is 2. The number of carbonyl (C=O) groups is 1. The van der Waals surface area contributed by atoms with Crippen molar-refractivity contribution in [1.29, 1.82) is 0 Å². The predicted molar refractivity (Wildman–Crippen MR) is 122 cm³/mol. The second-order valence-corrected chi connectivity index (χ2v) is 9.15. The van der Waals surface area contributed by atoms with E-state index in [-0.39, 0.29) is 11.8 Å². The van der Waals surface area contributed by atoms with Crippen molar-refractivity contribution >= 4 is 5.91 Å². The smallest absolute Gasteiger partial charge is 0.227 e. The summed E-state index contributed by atoms with van der Waals surface area (Å²) in [5, 5.41) is 0. The predicted octanol–water partition coefficient (Wildman–Crippen LogP) is 4.35. The first-order valence-corrected chi connectivity index (χ1v) is 11.5. The van der Waals surface area contributed by atoms with Crippen molar-refractivity contribution in [1.82, 2.24) is 9.80 Å². The van der Waals surface area contributed by atoms with Gasteiger partial charge in [0.05, 0.1) is 19.1 Å². The van der Waals surface area contributed by atoms with E-state index >= 15 is 0 Å². The molecule has 0 bridgehead atoms. The summed E-state index contributed by atoms with van der Waals surface area (Å²) in [5.74, 6) is 2.36. The maximum Gasteiger partial charge on any atom is 0.227 e. The molecule has 1 saturated heterocycles. The van der Waals surface area contributed by atoms with Gasteiger partial charge in [-0.25, -0.2) is 0 Å². The summed E-state index contributed by atoms with van der Waals surface area (Å²) in [6.07, 6.45) is 1.82. The van der Waals surface area contributed by atoms with E-state index in [9.17, 15) is 4.79 Å². The number of nitrogens with zero attached hydrogens (tertiary/aromatic N) is 2. The third kappa shape index (κ3) is 5.79. The van der Waals surface area contributed by atoms with Gasteiger partial charge in [-0.15, -0.1) is 0 Å². The molecule has 1 fully saturated rings. The van der Waals surface area contributed by atoms with E-state index in [1.807, 2.05) is 23.1 Å². The van der Waals surface area contributed by atoms with Crippen molar-refractivity contribution in [3.63, 3.8) is 0 Å². The summed E-state index contributed by atoms with van der Waals surface area (Å²) in [4.78, 5) is 17.9. The van der Waals surface area contributed by atoms with Crippen LogP contribution >= 0.6 is 0 Å². The molecule has 2 heterocycles. The number of hydrogen-bond donors (Lipinski definition) is 0. The molecule has 2 aromatic carbocycles. The lowest BCUT2D eigenvalue weighted by molar-refractivity contribution is -0.136. The molecule has 1 atom stereocenters. The van der Waals surface area contributed by atoms with Crippen LogP contribution in [0.3, 0.4) is 0 Å². The molecule has 31 heavy (non-hydrogen) atoms. The average molecular weight is 423 g/mol. The molecule has 0 aliphatic carbocycles. The maximum atomic E-state index is 13.5. The van der Waals surface area contributed by atoms with E-state index in [1.54, 1.807) is 0 Å². The first kappa shape index (κ1) is 21.7. The lowest BCUT2D eigenvalue weighted by Crippen LogP contribution is -2.39. The Kier molecular flexibility index (Phi) is 7.13. The van der Waals surface area contributed by atoms with Crippen LogP contribution in [0.4, 0.5) is 0 Å². The highest BCUT2D eigenvalue weighted by atomic mass is 16.5. The van der Waals surface area contributed by atoms with Gasteiger partial charge in [0.1, 0.15) is 0 Å². The van der Waals surface area contributed by atoms with E-state index in [0.29, 0.717) is 25.7 Å². The molecular weight excluding hydrogens is 388 g/mol. The van der Waals surface area contributed by atoms with Crippen molar-refractivity contribution in [2.75, 3.05) is 32.8 Å². The Balaban J connectivity index is 1.41. The first-order valence-electron chi connectivity index (χ1n) is 11.5. The highest BCUT2D eigenvalue weighted by molar-refractivity contribution is 5.79. The number of hydrogen-bond acceptors (Lipinski definition) is 4. The zero-order valence-corrected chi connectivity index (χ0v) is 18.8. The van der Waals surface area contributed by atoms with Crippen LogP contribution in [-0.2, 0) is 17.9 Å². The highest BCUT2D eigenvalue weighted by Gasteiger charge is 2.31. The zero-order valence-electron chi connectivity index (χ0n) is 18.8. The number of ether oxygens (including phenoxy) is 2. The van der Waals surface area contributed by atoms with E-state index in [4.69, 9.17) is 9.47 Å². The van der Waals surface area contributed by atoms with Crippen molar-refractivity contribution < 1.29 is 14.3 Å². The number of amides is 1. The van der Waals surface area contributed by atoms with Crippen LogP contribution in [0.5, 0.6) is 11.5 Å². The second-order valence-electron chi connectivity index (χ2n) is 9.15. The quantitative estimate of drug-likeness (QED) is 0.665. The molecule has 0 unspecified atom stereocenters. The summed E-state index contributed by atoms with van der Waals surface area (Å²) in [6.45, 7) is 9.81. The standard InChI is InChI=1S/C26H34N2O3/c1-20(2)16-28(18-22-9-10-24-25(15-22)31-14-6-13-30-24)26(29)23-11-12-27(19-23)17-21-7-4-3-5-8-21/h3-5,7-10,15,20,23H,6,11-14,16-19H2,1-2H3/t23-/m1/s1. The van der Waals surface area contributed by atoms with Gasteiger partial charge >= 0.3 is 0 Å². The molecule has 0 radical (unpaired) electrons. The molecule has 0 spiro atoms. The average Bonchev–Trinajstić information content (AvgIpc) is 3.09. The third-order valence-electron chi connectivity index (χ3n) is 5.95. The number of rotatable bonds is 7. The van der Waals surface area contributed by atoms with E-state index in [2.05, 4.69) is 49.1 Å². The molecular formula is C26H34N2O3. The molecule has 2 aromatic rings. The molecule has 5 heteroatoms. The Bertz CT molecular complexity index is 868. The summed E-state index contributed by atoms with van der Waals surface area (Å²) < 4.78 is 11.6. The van der Waals surface area contributed by atoms with Gasteiger partial charge in [0.25, 0.3) is 0 Å². The molecule has 1 amide bonds. The van der Waals surface area contributed by atoms with Crippen LogP contribution in [0.1, 0.15) is 37.8 Å². The van der Waals surface area contributed by atoms with Crippen LogP contribution in [0.15, 0.2) is 48.5 Å². The normalized spacial score (nSPS) is 18.7. The van der Waals surface area contributed by atoms with Gasteiger partial charge in [0.15, 0.2) is 11.5 Å². The Morgan fingerprint density at radius 1 is 1.06 bits per heavy atom. The number of likely N-dealkylation sites (tertiary alicyclic amines) is 1. The lowest BCUT2D eigenvalue weighted by Gasteiger charge is -2.28. The first-order chi connectivity index (χ1) is 15.1. The molecule has 5 nitrogen and oxygen atoms in total. The topological polar surface area (TPSA) is 42.0 Å². The van der Waals surface area contributed by atoms with Crippen LogP contribution < -0.4 is 9.47 Å². The monoisotopic (exact) mass is 422 g/mol. The van der Waals surface area contributed by atoms with Crippen molar-refractivity contribution in [2.45, 2.75) is 39.8 Å². The van der Waals surface area contributed by atoms with Gasteiger partial charge in [-0.1, -0.05) is 50.2 Å². The third-order valence-corrected chi connectivity index (χ3v) is 5.95. The fourth-order valence-electron chi connectivity index (χ4n) is 4.48. The van der Waals surface area contributed by atoms with Gasteiger partial charge in [-0.05, 0) is 42.1 Å². The van der Waals surface area contributed by atoms with E-state index in [0.717, 1.165) is 56.1 Å². The Hall–Kier alpha value is -2.53. The fraction of sp³-hybridized carbons (Fsp3) is 0.500. The summed E-state index contributed by atoms with van der Waals surface area (Å²) in [5.41, 5.74) is 2.40. The minimum Gasteiger partial charge on any atom is -0.490 e. The second kappa shape index (κ2) is 10.2. The summed E-state index contributed by atoms with van der Waals surface area (Å²) in [7, 11) is 0. The molecule has 4 rings (SSSR count). The fourth-order valence-corrected chi connectivity index (χ4v) is 4.48. The molecule has 2 aliphatic heterocycles. The molecule has 0 saturated carbocycles. The summed E-state index contributed by atoms with van der Waals surface area (Å²) in [6, 6.07) is 16.6. The Morgan fingerprint density at radius 2 is 1.84 bits per heavy atom. The van der Waals surface area contributed by atoms with Crippen molar-refractivity contribution in [3.8, 4) is 11.5 Å². The molecule has 0 N–H and O–H groups in total. The van der Waals surface area contributed by atoms with Crippen LogP contribution in [0.25, 0.3) is 0 Å². The van der Waals surface area contributed by atoms with Gasteiger partial charge < -0.3 is 14.4 Å². The number of fused-ring (bicyclic) bond motifs is 1. The lowest BCUT2D eigenvalue weighted by atomic mass is 10.0. The Morgan fingerprint density at radius 3 is 2.61 bits per heavy atom. The van der Waals surface area contributed by atoms with Crippen LogP contribution in [0, 0.1) is 11.8 Å². The summed E-state index contributed by atoms with van der Waals surface area (Å²) >= 11 is 0. The van der Waals surface area contributed by atoms with E-state index < -0.39 is 0 Å². The van der Waals surface area contributed by atoms with Crippen LogP contribution in [-0.4, -0.2) is 48.6 Å². The SMILES string of the molecule is CC(C)CN(Cc1ccc2c(c1)OCCCO2)C(=O)[C@@H]1CCN(Cc2ccccc2)C1. The molecule has 0 aromatic heterocycles. The van der Waals surface area contributed by atoms with Gasteiger partial charge in [0.2, 0.25) is 5.91 Å². The van der Waals surface area contributed by atoms with Crippen molar-refractivity contribution in [3.05, 3.63) is 59.7 Å². The Labute approximate surface area is 185 Å². The largest absolute Gasteiger partial charge is 0.490 e. The van der Waals surface area contributed by atoms with Gasteiger partial charge in [-0.2, -0.15) is 0 Å². The van der Waals surface area contributed by atoms with Gasteiger partial charge in [-0.3, -0.25) is 9.69 Å². The minimum atomic E-state index is 0.0721. The maximum absolute atomic E-state index is 13.5. The van der Waals surface area contributed by atoms with Gasteiger partial charge in [0, 0.05) is 32.6 Å².